The van der Waals surface area contributed by atoms with Gasteiger partial charge in [0.05, 0.1) is 0 Å². The Labute approximate surface area is 90.8 Å². The number of hydrogen-bond acceptors (Lipinski definition) is 4. The maximum absolute atomic E-state index is 5.78. The molecule has 1 rings (SSSR count). The third kappa shape index (κ3) is 3.32. The lowest BCUT2D eigenvalue weighted by molar-refractivity contribution is 0.261. The SMILES string of the molecule is Cc1c(N)cc(OCCN(C)C)cc1N. The van der Waals surface area contributed by atoms with Crippen LogP contribution in [0.4, 0.5) is 11.4 Å². The van der Waals surface area contributed by atoms with Crippen molar-refractivity contribution in [3.8, 4) is 5.75 Å². The summed E-state index contributed by atoms with van der Waals surface area (Å²) in [6.07, 6.45) is 0. The Morgan fingerprint density at radius 1 is 1.20 bits per heavy atom. The molecule has 0 bridgehead atoms. The summed E-state index contributed by atoms with van der Waals surface area (Å²) in [5, 5.41) is 0. The van der Waals surface area contributed by atoms with Crippen LogP contribution in [0.25, 0.3) is 0 Å². The van der Waals surface area contributed by atoms with E-state index in [1.807, 2.05) is 21.0 Å². The fourth-order valence-electron chi connectivity index (χ4n) is 1.16. The zero-order valence-electron chi connectivity index (χ0n) is 9.58. The molecular formula is C11H19N3O. The molecule has 0 amide bonds. The second-order valence-corrected chi connectivity index (χ2v) is 3.88. The van der Waals surface area contributed by atoms with Crippen LogP contribution >= 0.6 is 0 Å². The summed E-state index contributed by atoms with van der Waals surface area (Å²) in [6.45, 7) is 3.40. The highest BCUT2D eigenvalue weighted by atomic mass is 16.5. The van der Waals surface area contributed by atoms with Crippen molar-refractivity contribution in [2.45, 2.75) is 6.92 Å². The van der Waals surface area contributed by atoms with Gasteiger partial charge in [0, 0.05) is 30.1 Å². The fourth-order valence-corrected chi connectivity index (χ4v) is 1.16. The third-order valence-corrected chi connectivity index (χ3v) is 2.27. The van der Waals surface area contributed by atoms with E-state index in [9.17, 15) is 0 Å². The second-order valence-electron chi connectivity index (χ2n) is 3.88. The molecule has 0 spiro atoms. The van der Waals surface area contributed by atoms with Crippen molar-refractivity contribution >= 4 is 11.4 Å². The van der Waals surface area contributed by atoms with Gasteiger partial charge >= 0.3 is 0 Å². The smallest absolute Gasteiger partial charge is 0.123 e. The van der Waals surface area contributed by atoms with Crippen LogP contribution in [0.15, 0.2) is 12.1 Å². The predicted molar refractivity (Wildman–Crippen MR) is 64.1 cm³/mol. The number of anilines is 2. The molecule has 0 unspecified atom stereocenters. The summed E-state index contributed by atoms with van der Waals surface area (Å²) in [7, 11) is 4.00. The van der Waals surface area contributed by atoms with E-state index in [-0.39, 0.29) is 0 Å². The molecule has 4 nitrogen and oxygen atoms in total. The Morgan fingerprint density at radius 2 is 1.73 bits per heavy atom. The minimum absolute atomic E-state index is 0.634. The first-order valence-electron chi connectivity index (χ1n) is 4.94. The summed E-state index contributed by atoms with van der Waals surface area (Å²) >= 11 is 0. The number of rotatable bonds is 4. The van der Waals surface area contributed by atoms with Crippen molar-refractivity contribution in [3.63, 3.8) is 0 Å². The van der Waals surface area contributed by atoms with Crippen molar-refractivity contribution in [1.82, 2.24) is 4.90 Å². The van der Waals surface area contributed by atoms with Crippen molar-refractivity contribution < 1.29 is 4.74 Å². The van der Waals surface area contributed by atoms with E-state index in [2.05, 4.69) is 4.90 Å². The molecule has 0 aromatic heterocycles. The van der Waals surface area contributed by atoms with E-state index in [0.29, 0.717) is 18.0 Å². The lowest BCUT2D eigenvalue weighted by Gasteiger charge is -2.13. The van der Waals surface area contributed by atoms with E-state index in [1.165, 1.54) is 0 Å². The highest BCUT2D eigenvalue weighted by Gasteiger charge is 2.03. The number of hydrogen-bond donors (Lipinski definition) is 2. The van der Waals surface area contributed by atoms with Crippen LogP contribution in [0.3, 0.4) is 0 Å². The van der Waals surface area contributed by atoms with E-state index in [0.717, 1.165) is 17.9 Å². The van der Waals surface area contributed by atoms with Gasteiger partial charge in [-0.05, 0) is 26.6 Å². The Balaban J connectivity index is 2.63. The monoisotopic (exact) mass is 209 g/mol. The highest BCUT2D eigenvalue weighted by molar-refractivity contribution is 5.64. The van der Waals surface area contributed by atoms with Gasteiger partial charge in [-0.15, -0.1) is 0 Å². The first-order valence-corrected chi connectivity index (χ1v) is 4.94. The quantitative estimate of drug-likeness (QED) is 0.729. The standard InChI is InChI=1S/C11H19N3O/c1-8-10(12)6-9(7-11(8)13)15-5-4-14(2)3/h6-7H,4-5,12-13H2,1-3H3. The largest absolute Gasteiger partial charge is 0.492 e. The summed E-state index contributed by atoms with van der Waals surface area (Å²) in [5.41, 5.74) is 13.8. The van der Waals surface area contributed by atoms with Crippen LogP contribution in [-0.4, -0.2) is 32.1 Å². The Hall–Kier alpha value is -1.42. The molecule has 4 N–H and O–H groups in total. The van der Waals surface area contributed by atoms with Crippen molar-refractivity contribution in [3.05, 3.63) is 17.7 Å². The molecule has 15 heavy (non-hydrogen) atoms. The van der Waals surface area contributed by atoms with Gasteiger partial charge in [0.25, 0.3) is 0 Å². The molecular weight excluding hydrogens is 190 g/mol. The normalized spacial score (nSPS) is 10.7. The van der Waals surface area contributed by atoms with E-state index >= 15 is 0 Å². The molecule has 1 aromatic carbocycles. The van der Waals surface area contributed by atoms with Crippen LogP contribution in [0.5, 0.6) is 5.75 Å². The summed E-state index contributed by atoms with van der Waals surface area (Å²) < 4.78 is 5.53. The molecule has 0 saturated heterocycles. The minimum Gasteiger partial charge on any atom is -0.492 e. The molecule has 0 heterocycles. The van der Waals surface area contributed by atoms with Crippen LogP contribution in [0.1, 0.15) is 5.56 Å². The van der Waals surface area contributed by atoms with Gasteiger partial charge in [-0.3, -0.25) is 0 Å². The first-order chi connectivity index (χ1) is 7.00. The number of nitrogens with zero attached hydrogens (tertiary/aromatic N) is 1. The molecule has 0 aliphatic heterocycles. The van der Waals surface area contributed by atoms with Gasteiger partial charge in [0.2, 0.25) is 0 Å². The van der Waals surface area contributed by atoms with Gasteiger partial charge in [-0.1, -0.05) is 0 Å². The topological polar surface area (TPSA) is 64.5 Å². The minimum atomic E-state index is 0.634. The maximum atomic E-state index is 5.78. The van der Waals surface area contributed by atoms with Gasteiger partial charge in [0.15, 0.2) is 0 Å². The average Bonchev–Trinajstić information content (AvgIpc) is 2.13. The number of ether oxygens (including phenoxy) is 1. The zero-order chi connectivity index (χ0) is 11.4. The van der Waals surface area contributed by atoms with Crippen LogP contribution < -0.4 is 16.2 Å². The second kappa shape index (κ2) is 4.89. The lowest BCUT2D eigenvalue weighted by atomic mass is 10.1. The Kier molecular flexibility index (Phi) is 3.80. The molecule has 0 radical (unpaired) electrons. The van der Waals surface area contributed by atoms with Gasteiger partial charge in [-0.2, -0.15) is 0 Å². The number of benzene rings is 1. The highest BCUT2D eigenvalue weighted by Crippen LogP contribution is 2.25. The molecule has 84 valence electrons. The zero-order valence-corrected chi connectivity index (χ0v) is 9.58. The van der Waals surface area contributed by atoms with Crippen LogP contribution in [0, 0.1) is 6.92 Å². The first kappa shape index (κ1) is 11.7. The van der Waals surface area contributed by atoms with Gasteiger partial charge in [0.1, 0.15) is 12.4 Å². The molecule has 0 atom stereocenters. The van der Waals surface area contributed by atoms with Crippen molar-refractivity contribution in [2.75, 3.05) is 38.7 Å². The predicted octanol–water partition coefficient (Wildman–Crippen LogP) is 1.10. The number of nitrogen functional groups attached to an aromatic ring is 2. The average molecular weight is 209 g/mol. The van der Waals surface area contributed by atoms with Crippen molar-refractivity contribution in [1.29, 1.82) is 0 Å². The van der Waals surface area contributed by atoms with E-state index in [1.54, 1.807) is 12.1 Å². The number of likely N-dealkylation sites (N-methyl/N-ethyl adjacent to an activating group) is 1. The molecule has 0 saturated carbocycles. The van der Waals surface area contributed by atoms with Crippen LogP contribution in [-0.2, 0) is 0 Å². The fraction of sp³-hybridized carbons (Fsp3) is 0.455. The molecule has 0 fully saturated rings. The van der Waals surface area contributed by atoms with Crippen molar-refractivity contribution in [2.24, 2.45) is 0 Å². The van der Waals surface area contributed by atoms with E-state index in [4.69, 9.17) is 16.2 Å². The molecule has 1 aromatic rings. The Morgan fingerprint density at radius 3 is 2.20 bits per heavy atom. The van der Waals surface area contributed by atoms with Crippen LogP contribution in [0.2, 0.25) is 0 Å². The molecule has 4 heteroatoms. The summed E-state index contributed by atoms with van der Waals surface area (Å²) in [5.74, 6) is 0.734. The Bertz CT molecular complexity index is 314. The lowest BCUT2D eigenvalue weighted by Crippen LogP contribution is -2.19. The third-order valence-electron chi connectivity index (χ3n) is 2.27. The molecule has 0 aliphatic carbocycles. The summed E-state index contributed by atoms with van der Waals surface area (Å²) in [6, 6.07) is 3.61. The maximum Gasteiger partial charge on any atom is 0.123 e. The van der Waals surface area contributed by atoms with Gasteiger partial charge in [-0.25, -0.2) is 0 Å². The molecule has 0 aliphatic rings. The number of nitrogens with two attached hydrogens (primary N) is 2. The summed E-state index contributed by atoms with van der Waals surface area (Å²) in [4.78, 5) is 2.06. The van der Waals surface area contributed by atoms with Gasteiger partial charge < -0.3 is 21.1 Å². The van der Waals surface area contributed by atoms with E-state index < -0.39 is 0 Å².